The number of nitriles is 1. The molecule has 1 aliphatic rings. The van der Waals surface area contributed by atoms with Crippen molar-refractivity contribution in [3.05, 3.63) is 35.7 Å². The van der Waals surface area contributed by atoms with Gasteiger partial charge >= 0.3 is 0 Å². The first-order chi connectivity index (χ1) is 12.1. The van der Waals surface area contributed by atoms with Crippen LogP contribution < -0.4 is 4.74 Å². The minimum absolute atomic E-state index is 0.0221. The number of fused-ring (bicyclic) bond motifs is 1. The number of carbonyl (C=O) groups excluding carboxylic acids is 1. The summed E-state index contributed by atoms with van der Waals surface area (Å²) in [5.74, 6) is 0.479. The Hall–Kier alpha value is -2.75. The fourth-order valence-electron chi connectivity index (χ4n) is 3.01. The van der Waals surface area contributed by atoms with Gasteiger partial charge < -0.3 is 9.30 Å². The highest BCUT2D eigenvalue weighted by Crippen LogP contribution is 2.24. The van der Waals surface area contributed by atoms with E-state index in [1.165, 1.54) is 6.20 Å². The van der Waals surface area contributed by atoms with Crippen molar-refractivity contribution in [1.82, 2.24) is 19.7 Å². The number of aromatic nitrogens is 4. The van der Waals surface area contributed by atoms with Crippen LogP contribution in [0, 0.1) is 11.3 Å². The minimum Gasteiger partial charge on any atom is -0.489 e. The second-order valence-corrected chi connectivity index (χ2v) is 6.44. The zero-order chi connectivity index (χ0) is 17.8. The second kappa shape index (κ2) is 7.43. The van der Waals surface area contributed by atoms with Crippen molar-refractivity contribution in [2.45, 2.75) is 58.1 Å². The molecule has 0 saturated heterocycles. The number of pyridine rings is 1. The molecule has 3 rings (SSSR count). The lowest BCUT2D eigenvalue weighted by atomic mass is 9.99. The lowest BCUT2D eigenvalue weighted by Crippen LogP contribution is -2.18. The molecular formula is C18H21N5O2. The SMILES string of the molecule is CC(C)Oc1cncc(C(=O)C(C#N)c2nnc3n2CCCCC3)c1. The molecule has 0 radical (unpaired) electrons. The van der Waals surface area contributed by atoms with Crippen LogP contribution in [-0.4, -0.2) is 31.6 Å². The quantitative estimate of drug-likeness (QED) is 0.777. The van der Waals surface area contributed by atoms with Gasteiger partial charge in [-0.3, -0.25) is 9.78 Å². The third kappa shape index (κ3) is 3.68. The van der Waals surface area contributed by atoms with Gasteiger partial charge in [0.1, 0.15) is 11.6 Å². The number of carbonyl (C=O) groups is 1. The zero-order valence-corrected chi connectivity index (χ0v) is 14.5. The first-order valence-electron chi connectivity index (χ1n) is 8.57. The lowest BCUT2D eigenvalue weighted by Gasteiger charge is -2.12. The number of ketones is 1. The average Bonchev–Trinajstić information content (AvgIpc) is 2.83. The largest absolute Gasteiger partial charge is 0.489 e. The maximum Gasteiger partial charge on any atom is 0.189 e. The Bertz CT molecular complexity index is 806. The van der Waals surface area contributed by atoms with Crippen LogP contribution in [0.5, 0.6) is 5.75 Å². The molecule has 0 saturated carbocycles. The number of hydrogen-bond acceptors (Lipinski definition) is 6. The van der Waals surface area contributed by atoms with Crippen molar-refractivity contribution in [2.75, 3.05) is 0 Å². The van der Waals surface area contributed by atoms with Crippen LogP contribution in [0.25, 0.3) is 0 Å². The standard InChI is InChI=1S/C18H21N5O2/c1-12(2)25-14-8-13(10-20-11-14)17(24)15(9-19)18-22-21-16-6-4-3-5-7-23(16)18/h8,10-12,15H,3-7H2,1-2H3. The molecule has 0 spiro atoms. The topological polar surface area (TPSA) is 93.7 Å². The molecule has 2 aromatic heterocycles. The van der Waals surface area contributed by atoms with Gasteiger partial charge in [-0.15, -0.1) is 10.2 Å². The summed E-state index contributed by atoms with van der Waals surface area (Å²) in [4.78, 5) is 16.9. The Morgan fingerprint density at radius 2 is 2.12 bits per heavy atom. The van der Waals surface area contributed by atoms with E-state index in [-0.39, 0.29) is 11.9 Å². The van der Waals surface area contributed by atoms with E-state index in [1.807, 2.05) is 18.4 Å². The van der Waals surface area contributed by atoms with Gasteiger partial charge in [-0.05, 0) is 32.8 Å². The molecule has 0 aromatic carbocycles. The second-order valence-electron chi connectivity index (χ2n) is 6.44. The van der Waals surface area contributed by atoms with Crippen molar-refractivity contribution < 1.29 is 9.53 Å². The highest BCUT2D eigenvalue weighted by atomic mass is 16.5. The molecule has 3 heterocycles. The summed E-state index contributed by atoms with van der Waals surface area (Å²) in [6, 6.07) is 3.72. The van der Waals surface area contributed by atoms with Crippen LogP contribution >= 0.6 is 0 Å². The van der Waals surface area contributed by atoms with Crippen LogP contribution in [0.3, 0.4) is 0 Å². The van der Waals surface area contributed by atoms with E-state index in [1.54, 1.807) is 12.3 Å². The van der Waals surface area contributed by atoms with Crippen LogP contribution in [0.2, 0.25) is 0 Å². The maximum atomic E-state index is 12.9. The Labute approximate surface area is 146 Å². The number of aryl methyl sites for hydroxylation is 1. The molecule has 0 N–H and O–H groups in total. The van der Waals surface area contributed by atoms with Crippen LogP contribution in [0.4, 0.5) is 0 Å². The lowest BCUT2D eigenvalue weighted by molar-refractivity contribution is 0.0973. The summed E-state index contributed by atoms with van der Waals surface area (Å²) >= 11 is 0. The summed E-state index contributed by atoms with van der Waals surface area (Å²) in [5, 5.41) is 17.9. The Kier molecular flexibility index (Phi) is 5.08. The summed E-state index contributed by atoms with van der Waals surface area (Å²) in [5.41, 5.74) is 0.343. The van der Waals surface area contributed by atoms with Crippen molar-refractivity contribution in [1.29, 1.82) is 5.26 Å². The molecule has 7 nitrogen and oxygen atoms in total. The van der Waals surface area contributed by atoms with Crippen molar-refractivity contribution >= 4 is 5.78 Å². The van der Waals surface area contributed by atoms with Gasteiger partial charge in [-0.2, -0.15) is 5.26 Å². The molecule has 25 heavy (non-hydrogen) atoms. The zero-order valence-electron chi connectivity index (χ0n) is 14.5. The molecule has 1 aliphatic heterocycles. The van der Waals surface area contributed by atoms with Gasteiger partial charge in [0.15, 0.2) is 17.5 Å². The van der Waals surface area contributed by atoms with Crippen LogP contribution in [0.1, 0.15) is 61.0 Å². The highest BCUT2D eigenvalue weighted by molar-refractivity contribution is 6.02. The van der Waals surface area contributed by atoms with E-state index in [0.29, 0.717) is 17.1 Å². The Balaban J connectivity index is 1.90. The third-order valence-electron chi connectivity index (χ3n) is 4.16. The normalized spacial score (nSPS) is 15.1. The fraction of sp³-hybridized carbons (Fsp3) is 0.500. The van der Waals surface area contributed by atoms with Crippen LogP contribution in [0.15, 0.2) is 18.5 Å². The van der Waals surface area contributed by atoms with E-state index < -0.39 is 5.92 Å². The molecule has 1 atom stereocenters. The molecule has 130 valence electrons. The van der Waals surface area contributed by atoms with E-state index in [9.17, 15) is 10.1 Å². The van der Waals surface area contributed by atoms with Gasteiger partial charge in [-0.25, -0.2) is 0 Å². The monoisotopic (exact) mass is 339 g/mol. The smallest absolute Gasteiger partial charge is 0.189 e. The third-order valence-corrected chi connectivity index (χ3v) is 4.16. The number of nitrogens with zero attached hydrogens (tertiary/aromatic N) is 5. The predicted molar refractivity (Wildman–Crippen MR) is 90.3 cm³/mol. The van der Waals surface area contributed by atoms with Gasteiger partial charge in [0.2, 0.25) is 0 Å². The molecule has 0 amide bonds. The van der Waals surface area contributed by atoms with Crippen molar-refractivity contribution in [2.24, 2.45) is 0 Å². The summed E-state index contributed by atoms with van der Waals surface area (Å²) in [6.45, 7) is 4.55. The Morgan fingerprint density at radius 1 is 1.28 bits per heavy atom. The molecule has 2 aromatic rings. The number of ether oxygens (including phenoxy) is 1. The molecular weight excluding hydrogens is 318 g/mol. The van der Waals surface area contributed by atoms with E-state index in [0.717, 1.165) is 38.1 Å². The van der Waals surface area contributed by atoms with Gasteiger partial charge in [0.05, 0.1) is 18.4 Å². The van der Waals surface area contributed by atoms with Crippen LogP contribution in [-0.2, 0) is 13.0 Å². The molecule has 7 heteroatoms. The average molecular weight is 339 g/mol. The fourth-order valence-corrected chi connectivity index (χ4v) is 3.01. The van der Waals surface area contributed by atoms with Gasteiger partial charge in [0, 0.05) is 24.7 Å². The Morgan fingerprint density at radius 3 is 2.88 bits per heavy atom. The summed E-state index contributed by atoms with van der Waals surface area (Å²) in [7, 11) is 0. The highest BCUT2D eigenvalue weighted by Gasteiger charge is 2.29. The summed E-state index contributed by atoms with van der Waals surface area (Å²) < 4.78 is 7.52. The first-order valence-corrected chi connectivity index (χ1v) is 8.57. The van der Waals surface area contributed by atoms with E-state index >= 15 is 0 Å². The maximum absolute atomic E-state index is 12.9. The first kappa shape index (κ1) is 17.1. The number of rotatable bonds is 5. The van der Waals surface area contributed by atoms with Crippen molar-refractivity contribution in [3.63, 3.8) is 0 Å². The molecule has 1 unspecified atom stereocenters. The molecule has 0 fully saturated rings. The van der Waals surface area contributed by atoms with E-state index in [2.05, 4.69) is 21.3 Å². The number of hydrogen-bond donors (Lipinski definition) is 0. The van der Waals surface area contributed by atoms with Gasteiger partial charge in [0.25, 0.3) is 0 Å². The van der Waals surface area contributed by atoms with Gasteiger partial charge in [-0.1, -0.05) is 6.42 Å². The molecule has 0 aliphatic carbocycles. The van der Waals surface area contributed by atoms with E-state index in [4.69, 9.17) is 4.74 Å². The van der Waals surface area contributed by atoms with Crippen molar-refractivity contribution in [3.8, 4) is 11.8 Å². The molecule has 0 bridgehead atoms. The summed E-state index contributed by atoms with van der Waals surface area (Å²) in [6.07, 6.45) is 7.00. The minimum atomic E-state index is -0.990. The number of Topliss-reactive ketones (excluding diaryl/α,β-unsaturated/α-hetero) is 1. The predicted octanol–water partition coefficient (Wildman–Crippen LogP) is 2.68.